The molecule has 7 nitrogen and oxygen atoms in total. The first-order valence-electron chi connectivity index (χ1n) is 19.7. The third-order valence-electron chi connectivity index (χ3n) is 9.39. The summed E-state index contributed by atoms with van der Waals surface area (Å²) in [5, 5.41) is 0. The molecule has 1 N–H and O–H groups in total. The van der Waals surface area contributed by atoms with Crippen molar-refractivity contribution in [1.82, 2.24) is 0 Å². The van der Waals surface area contributed by atoms with Crippen LogP contribution in [-0.2, 0) is 19.7 Å². The predicted octanol–water partition coefficient (Wildman–Crippen LogP) is 12.2. The number of carbonyl (C=O) groups excluding carboxylic acids is 2. The lowest BCUT2D eigenvalue weighted by Gasteiger charge is -2.17. The lowest BCUT2D eigenvalue weighted by atomic mass is 9.91. The Balaban J connectivity index is 2.93. The summed E-state index contributed by atoms with van der Waals surface area (Å²) >= 11 is 0. The van der Waals surface area contributed by atoms with Crippen molar-refractivity contribution in [3.05, 3.63) is 18.2 Å². The van der Waals surface area contributed by atoms with Gasteiger partial charge >= 0.3 is 11.9 Å². The number of rotatable bonds is 31. The molecular weight excluding hydrogens is 625 g/mol. The highest BCUT2D eigenvalue weighted by molar-refractivity contribution is 7.85. The van der Waals surface area contributed by atoms with Crippen molar-refractivity contribution in [2.75, 3.05) is 0 Å². The highest BCUT2D eigenvalue weighted by Crippen LogP contribution is 2.29. The first-order chi connectivity index (χ1) is 23.1. The maximum atomic E-state index is 13.1. The van der Waals surface area contributed by atoms with Gasteiger partial charge in [-0.25, -0.2) is 0 Å². The third-order valence-corrected chi connectivity index (χ3v) is 10.2. The Hall–Kier alpha value is -1.93. The lowest BCUT2D eigenvalue weighted by molar-refractivity contribution is -0.136. The third kappa shape index (κ3) is 22.7. The molecule has 0 aliphatic carbocycles. The smallest absolute Gasteiger partial charge is 0.311 e. The molecular formula is C40H70O7S. The lowest BCUT2D eigenvalue weighted by Crippen LogP contribution is -2.16. The zero-order chi connectivity index (χ0) is 35.5. The molecule has 0 bridgehead atoms. The second kappa shape index (κ2) is 27.8. The van der Waals surface area contributed by atoms with E-state index in [9.17, 15) is 22.6 Å². The van der Waals surface area contributed by atoms with Crippen molar-refractivity contribution in [2.24, 2.45) is 11.8 Å². The summed E-state index contributed by atoms with van der Waals surface area (Å²) in [5.74, 6) is -0.600. The summed E-state index contributed by atoms with van der Waals surface area (Å²) in [5.41, 5.74) is 0. The zero-order valence-electron chi connectivity index (χ0n) is 31.1. The number of benzene rings is 1. The van der Waals surface area contributed by atoms with Crippen molar-refractivity contribution in [3.8, 4) is 11.5 Å². The standard InChI is InChI=1S/C40H70O7S/c1-5-9-13-17-19-23-27-34(25-21-15-11-7-3)29-39(41)46-36-31-37(33-38(32-36)48(43,44)45)47-40(42)30-35(26-22-16-12-8-4)28-24-20-18-14-10-6-2/h31-35H,5-30H2,1-4H3,(H,43,44,45). The molecule has 0 saturated carbocycles. The van der Waals surface area contributed by atoms with Crippen molar-refractivity contribution in [3.63, 3.8) is 0 Å². The second-order valence-corrected chi connectivity index (χ2v) is 15.4. The van der Waals surface area contributed by atoms with E-state index in [1.165, 1.54) is 70.3 Å². The first kappa shape index (κ1) is 44.1. The van der Waals surface area contributed by atoms with Crippen molar-refractivity contribution in [2.45, 2.75) is 200 Å². The van der Waals surface area contributed by atoms with Gasteiger partial charge in [-0.1, -0.05) is 156 Å². The number of hydrogen-bond donors (Lipinski definition) is 1. The molecule has 2 unspecified atom stereocenters. The first-order valence-corrected chi connectivity index (χ1v) is 21.1. The molecule has 0 radical (unpaired) electrons. The van der Waals surface area contributed by atoms with Crippen LogP contribution in [0.4, 0.5) is 0 Å². The van der Waals surface area contributed by atoms with E-state index in [0.717, 1.165) is 102 Å². The van der Waals surface area contributed by atoms with E-state index in [-0.39, 0.29) is 36.2 Å². The minimum atomic E-state index is -4.63. The number of ether oxygens (including phenoxy) is 2. The van der Waals surface area contributed by atoms with Crippen molar-refractivity contribution in [1.29, 1.82) is 0 Å². The zero-order valence-corrected chi connectivity index (χ0v) is 31.9. The van der Waals surface area contributed by atoms with Gasteiger partial charge in [-0.05, 0) is 37.5 Å². The van der Waals surface area contributed by atoms with Gasteiger partial charge in [-0.15, -0.1) is 0 Å². The maximum Gasteiger partial charge on any atom is 0.311 e. The maximum absolute atomic E-state index is 13.1. The van der Waals surface area contributed by atoms with Crippen molar-refractivity contribution >= 4 is 22.1 Å². The monoisotopic (exact) mass is 694 g/mol. The minimum absolute atomic E-state index is 0.0505. The van der Waals surface area contributed by atoms with Gasteiger partial charge in [-0.3, -0.25) is 14.1 Å². The molecule has 1 aromatic carbocycles. The van der Waals surface area contributed by atoms with Crippen LogP contribution in [0, 0.1) is 11.8 Å². The van der Waals surface area contributed by atoms with Crippen LogP contribution in [0.2, 0.25) is 0 Å². The molecule has 0 aliphatic rings. The van der Waals surface area contributed by atoms with Crippen molar-refractivity contribution < 1.29 is 32.0 Å². The number of esters is 2. The fourth-order valence-corrected chi connectivity index (χ4v) is 7.00. The second-order valence-electron chi connectivity index (χ2n) is 14.0. The van der Waals surface area contributed by atoms with Crippen LogP contribution < -0.4 is 9.47 Å². The molecule has 0 spiro atoms. The van der Waals surface area contributed by atoms with Gasteiger partial charge in [0.1, 0.15) is 16.4 Å². The summed E-state index contributed by atoms with van der Waals surface area (Å²) in [6, 6.07) is 3.60. The quantitative estimate of drug-likeness (QED) is 0.0357. The van der Waals surface area contributed by atoms with Crippen LogP contribution in [-0.4, -0.2) is 24.9 Å². The Morgan fingerprint density at radius 3 is 1.12 bits per heavy atom. The van der Waals surface area contributed by atoms with E-state index in [2.05, 4.69) is 27.7 Å². The predicted molar refractivity (Wildman–Crippen MR) is 197 cm³/mol. The Bertz CT molecular complexity index is 1020. The van der Waals surface area contributed by atoms with E-state index in [0.29, 0.717) is 0 Å². The highest BCUT2D eigenvalue weighted by atomic mass is 32.2. The Morgan fingerprint density at radius 2 is 0.812 bits per heavy atom. The summed E-state index contributed by atoms with van der Waals surface area (Å²) in [6.45, 7) is 8.78. The molecule has 48 heavy (non-hydrogen) atoms. The van der Waals surface area contributed by atoms with E-state index in [1.54, 1.807) is 0 Å². The van der Waals surface area contributed by atoms with E-state index < -0.39 is 27.0 Å². The van der Waals surface area contributed by atoms with Gasteiger partial charge in [0.05, 0.1) is 0 Å². The number of unbranched alkanes of at least 4 members (excludes halogenated alkanes) is 16. The molecule has 2 atom stereocenters. The SMILES string of the molecule is CCCCCCCCC(CCCCCC)CC(=O)Oc1cc(OC(=O)CC(CCCCCC)CCCCCCCC)cc(S(=O)(=O)O)c1. The minimum Gasteiger partial charge on any atom is -0.426 e. The molecule has 278 valence electrons. The fraction of sp³-hybridized carbons (Fsp3) is 0.800. The molecule has 0 amide bonds. The molecule has 0 heterocycles. The molecule has 1 rings (SSSR count). The van der Waals surface area contributed by atoms with Gasteiger partial charge in [0.2, 0.25) is 0 Å². The van der Waals surface area contributed by atoms with Crippen LogP contribution in [0.3, 0.4) is 0 Å². The topological polar surface area (TPSA) is 107 Å². The van der Waals surface area contributed by atoms with Gasteiger partial charge in [0, 0.05) is 31.0 Å². The normalized spacial score (nSPS) is 12.9. The fourth-order valence-electron chi connectivity index (χ4n) is 6.47. The molecule has 1 aromatic rings. The van der Waals surface area contributed by atoms with Crippen LogP contribution in [0.15, 0.2) is 23.1 Å². The molecule has 0 aromatic heterocycles. The average molecular weight is 695 g/mol. The van der Waals surface area contributed by atoms with E-state index in [1.807, 2.05) is 0 Å². The van der Waals surface area contributed by atoms with Crippen LogP contribution in [0.5, 0.6) is 11.5 Å². The summed E-state index contributed by atoms with van der Waals surface area (Å²) in [7, 11) is -4.63. The summed E-state index contributed by atoms with van der Waals surface area (Å²) < 4.78 is 45.3. The van der Waals surface area contributed by atoms with Gasteiger partial charge in [0.25, 0.3) is 10.1 Å². The van der Waals surface area contributed by atoms with E-state index in [4.69, 9.17) is 9.47 Å². The highest BCUT2D eigenvalue weighted by Gasteiger charge is 2.21. The number of carbonyl (C=O) groups is 2. The Kier molecular flexibility index (Phi) is 25.6. The van der Waals surface area contributed by atoms with Gasteiger partial charge in [0.15, 0.2) is 0 Å². The van der Waals surface area contributed by atoms with Crippen LogP contribution >= 0.6 is 0 Å². The largest absolute Gasteiger partial charge is 0.426 e. The molecule has 0 aliphatic heterocycles. The van der Waals surface area contributed by atoms with Gasteiger partial charge in [-0.2, -0.15) is 8.42 Å². The van der Waals surface area contributed by atoms with Crippen LogP contribution in [0.25, 0.3) is 0 Å². The van der Waals surface area contributed by atoms with Gasteiger partial charge < -0.3 is 9.47 Å². The molecule has 8 heteroatoms. The average Bonchev–Trinajstić information content (AvgIpc) is 3.03. The Labute approximate surface area is 294 Å². The number of hydrogen-bond acceptors (Lipinski definition) is 6. The van der Waals surface area contributed by atoms with E-state index >= 15 is 0 Å². The molecule has 0 saturated heterocycles. The Morgan fingerprint density at radius 1 is 0.521 bits per heavy atom. The van der Waals surface area contributed by atoms with Crippen LogP contribution in [0.1, 0.15) is 195 Å². The summed E-state index contributed by atoms with van der Waals surface area (Å²) in [4.78, 5) is 25.8. The molecule has 0 fully saturated rings. The summed E-state index contributed by atoms with van der Waals surface area (Å²) in [6.07, 6.45) is 27.7.